The highest BCUT2D eigenvalue weighted by Crippen LogP contribution is 2.39. The van der Waals surface area contributed by atoms with Crippen molar-refractivity contribution in [1.29, 1.82) is 0 Å². The van der Waals surface area contributed by atoms with Gasteiger partial charge in [-0.3, -0.25) is 0 Å². The summed E-state index contributed by atoms with van der Waals surface area (Å²) in [6.07, 6.45) is 0. The molecule has 0 atom stereocenters. The SMILES string of the molecule is Cc1ccc2c(c1)N(c1ccccc1)CN2C. The maximum Gasteiger partial charge on any atom is 0.0950 e. The minimum atomic E-state index is 0.919. The smallest absolute Gasteiger partial charge is 0.0950 e. The van der Waals surface area contributed by atoms with Crippen molar-refractivity contribution < 1.29 is 0 Å². The lowest BCUT2D eigenvalue weighted by molar-refractivity contribution is 0.950. The van der Waals surface area contributed by atoms with Gasteiger partial charge in [0.15, 0.2) is 0 Å². The van der Waals surface area contributed by atoms with E-state index in [1.54, 1.807) is 0 Å². The van der Waals surface area contributed by atoms with Crippen LogP contribution in [0.1, 0.15) is 5.56 Å². The molecule has 0 bridgehead atoms. The van der Waals surface area contributed by atoms with Gasteiger partial charge in [-0.25, -0.2) is 0 Å². The molecule has 0 fully saturated rings. The highest BCUT2D eigenvalue weighted by atomic mass is 15.4. The van der Waals surface area contributed by atoms with Crippen LogP contribution >= 0.6 is 0 Å². The van der Waals surface area contributed by atoms with E-state index in [2.05, 4.69) is 72.3 Å². The van der Waals surface area contributed by atoms with E-state index in [0.717, 1.165) is 6.67 Å². The fourth-order valence-electron chi connectivity index (χ4n) is 2.37. The Hall–Kier alpha value is -1.96. The third kappa shape index (κ3) is 1.66. The van der Waals surface area contributed by atoms with Gasteiger partial charge in [0.05, 0.1) is 18.0 Å². The van der Waals surface area contributed by atoms with E-state index in [1.165, 1.54) is 22.6 Å². The Balaban J connectivity index is 2.09. The fourth-order valence-corrected chi connectivity index (χ4v) is 2.37. The predicted molar refractivity (Wildman–Crippen MR) is 73.0 cm³/mol. The highest BCUT2D eigenvalue weighted by Gasteiger charge is 2.23. The van der Waals surface area contributed by atoms with Gasteiger partial charge in [0.2, 0.25) is 0 Å². The predicted octanol–water partition coefficient (Wildman–Crippen LogP) is 3.54. The van der Waals surface area contributed by atoms with Gasteiger partial charge in [0.25, 0.3) is 0 Å². The molecule has 2 aromatic carbocycles. The second-order valence-electron chi connectivity index (χ2n) is 4.60. The number of nitrogens with zero attached hydrogens (tertiary/aromatic N) is 2. The number of para-hydroxylation sites is 1. The summed E-state index contributed by atoms with van der Waals surface area (Å²) in [6.45, 7) is 3.06. The third-order valence-corrected chi connectivity index (χ3v) is 3.25. The summed E-state index contributed by atoms with van der Waals surface area (Å²) >= 11 is 0. The minimum Gasteiger partial charge on any atom is -0.355 e. The molecule has 1 aliphatic heterocycles. The lowest BCUT2D eigenvalue weighted by Crippen LogP contribution is -2.23. The minimum absolute atomic E-state index is 0.919. The summed E-state index contributed by atoms with van der Waals surface area (Å²) in [7, 11) is 2.14. The second kappa shape index (κ2) is 3.81. The highest BCUT2D eigenvalue weighted by molar-refractivity contribution is 5.82. The van der Waals surface area contributed by atoms with Gasteiger partial charge in [0.1, 0.15) is 0 Å². The summed E-state index contributed by atoms with van der Waals surface area (Å²) in [4.78, 5) is 4.63. The normalized spacial score (nSPS) is 14.0. The van der Waals surface area contributed by atoms with Crippen LogP contribution in [0.2, 0.25) is 0 Å². The zero-order valence-electron chi connectivity index (χ0n) is 10.2. The number of anilines is 3. The summed E-state index contributed by atoms with van der Waals surface area (Å²) in [5.74, 6) is 0. The van der Waals surface area contributed by atoms with Crippen LogP contribution in [0.4, 0.5) is 17.1 Å². The van der Waals surface area contributed by atoms with Crippen molar-refractivity contribution in [1.82, 2.24) is 0 Å². The standard InChI is InChI=1S/C15H16N2/c1-12-8-9-14-15(10-12)17(11-16(14)2)13-6-4-3-5-7-13/h3-10H,11H2,1-2H3. The number of benzene rings is 2. The van der Waals surface area contributed by atoms with Crippen LogP contribution in [0, 0.1) is 6.92 Å². The number of fused-ring (bicyclic) bond motifs is 1. The van der Waals surface area contributed by atoms with E-state index in [9.17, 15) is 0 Å². The Morgan fingerprint density at radius 2 is 1.71 bits per heavy atom. The van der Waals surface area contributed by atoms with Crippen LogP contribution < -0.4 is 9.80 Å². The van der Waals surface area contributed by atoms with Crippen molar-refractivity contribution in [2.75, 3.05) is 23.5 Å². The monoisotopic (exact) mass is 224 g/mol. The van der Waals surface area contributed by atoms with E-state index in [-0.39, 0.29) is 0 Å². The maximum atomic E-state index is 2.35. The van der Waals surface area contributed by atoms with Crippen molar-refractivity contribution in [3.63, 3.8) is 0 Å². The van der Waals surface area contributed by atoms with Gasteiger partial charge in [-0.2, -0.15) is 0 Å². The van der Waals surface area contributed by atoms with Gasteiger partial charge in [-0.05, 0) is 36.8 Å². The molecule has 0 spiro atoms. The molecule has 0 saturated carbocycles. The van der Waals surface area contributed by atoms with Crippen LogP contribution in [0.15, 0.2) is 48.5 Å². The molecule has 17 heavy (non-hydrogen) atoms. The Bertz CT molecular complexity index is 534. The van der Waals surface area contributed by atoms with Crippen LogP contribution in [0.3, 0.4) is 0 Å². The number of hydrogen-bond acceptors (Lipinski definition) is 2. The molecule has 2 aromatic rings. The molecule has 2 nitrogen and oxygen atoms in total. The molecule has 0 aliphatic carbocycles. The molecule has 0 unspecified atom stereocenters. The van der Waals surface area contributed by atoms with Crippen LogP contribution in [-0.2, 0) is 0 Å². The molecule has 0 saturated heterocycles. The molecule has 2 heteroatoms. The molecule has 0 amide bonds. The summed E-state index contributed by atoms with van der Waals surface area (Å²) in [6, 6.07) is 17.2. The molecule has 0 aromatic heterocycles. The van der Waals surface area contributed by atoms with Gasteiger partial charge < -0.3 is 9.80 Å². The topological polar surface area (TPSA) is 6.48 Å². The van der Waals surface area contributed by atoms with Crippen LogP contribution in [0.25, 0.3) is 0 Å². The van der Waals surface area contributed by atoms with E-state index in [4.69, 9.17) is 0 Å². The number of hydrogen-bond donors (Lipinski definition) is 0. The quantitative estimate of drug-likeness (QED) is 0.731. The van der Waals surface area contributed by atoms with Gasteiger partial charge in [-0.15, -0.1) is 0 Å². The average molecular weight is 224 g/mol. The number of rotatable bonds is 1. The Morgan fingerprint density at radius 3 is 2.47 bits per heavy atom. The lowest BCUT2D eigenvalue weighted by Gasteiger charge is -2.19. The van der Waals surface area contributed by atoms with Crippen molar-refractivity contribution in [2.45, 2.75) is 6.92 Å². The van der Waals surface area contributed by atoms with Crippen molar-refractivity contribution in [2.24, 2.45) is 0 Å². The second-order valence-corrected chi connectivity index (χ2v) is 4.60. The van der Waals surface area contributed by atoms with E-state index >= 15 is 0 Å². The van der Waals surface area contributed by atoms with Gasteiger partial charge in [-0.1, -0.05) is 24.3 Å². The first kappa shape index (κ1) is 10.2. The first-order valence-corrected chi connectivity index (χ1v) is 5.90. The molecule has 1 heterocycles. The fraction of sp³-hybridized carbons (Fsp3) is 0.200. The van der Waals surface area contributed by atoms with Gasteiger partial charge in [0, 0.05) is 12.7 Å². The zero-order chi connectivity index (χ0) is 11.8. The van der Waals surface area contributed by atoms with Crippen molar-refractivity contribution in [3.8, 4) is 0 Å². The number of aryl methyl sites for hydroxylation is 1. The summed E-state index contributed by atoms with van der Waals surface area (Å²) < 4.78 is 0. The third-order valence-electron chi connectivity index (χ3n) is 3.25. The van der Waals surface area contributed by atoms with Gasteiger partial charge >= 0.3 is 0 Å². The average Bonchev–Trinajstić information content (AvgIpc) is 2.67. The first-order valence-electron chi connectivity index (χ1n) is 5.90. The molecule has 3 rings (SSSR count). The molecule has 0 radical (unpaired) electrons. The van der Waals surface area contributed by atoms with E-state index < -0.39 is 0 Å². The lowest BCUT2D eigenvalue weighted by atomic mass is 10.2. The largest absolute Gasteiger partial charge is 0.355 e. The van der Waals surface area contributed by atoms with Crippen LogP contribution in [-0.4, -0.2) is 13.7 Å². The molecule has 86 valence electrons. The van der Waals surface area contributed by atoms with Crippen molar-refractivity contribution >= 4 is 17.1 Å². The van der Waals surface area contributed by atoms with E-state index in [1.807, 2.05) is 0 Å². The Kier molecular flexibility index (Phi) is 2.29. The maximum absolute atomic E-state index is 2.35. The van der Waals surface area contributed by atoms with Crippen molar-refractivity contribution in [3.05, 3.63) is 54.1 Å². The Labute approximate surface area is 102 Å². The molecule has 1 aliphatic rings. The summed E-state index contributed by atoms with van der Waals surface area (Å²) in [5, 5.41) is 0. The first-order chi connectivity index (χ1) is 8.25. The summed E-state index contributed by atoms with van der Waals surface area (Å²) in [5.41, 5.74) is 5.17. The van der Waals surface area contributed by atoms with E-state index in [0.29, 0.717) is 0 Å². The van der Waals surface area contributed by atoms with Crippen LogP contribution in [0.5, 0.6) is 0 Å². The zero-order valence-corrected chi connectivity index (χ0v) is 10.2. The molecule has 0 N–H and O–H groups in total. The molecular formula is C15H16N2. The molecular weight excluding hydrogens is 208 g/mol. The Morgan fingerprint density at radius 1 is 0.941 bits per heavy atom.